The summed E-state index contributed by atoms with van der Waals surface area (Å²) in [6.07, 6.45) is 0. The van der Waals surface area contributed by atoms with Gasteiger partial charge in [-0.25, -0.2) is 0 Å². The van der Waals surface area contributed by atoms with Crippen molar-refractivity contribution >= 4 is 0 Å². The number of benzene rings is 1. The van der Waals surface area contributed by atoms with E-state index in [9.17, 15) is 0 Å². The zero-order valence-electron chi connectivity index (χ0n) is 12.4. The Balaban J connectivity index is 3.28. The minimum absolute atomic E-state index is 0.0144. The molecule has 0 saturated heterocycles. The summed E-state index contributed by atoms with van der Waals surface area (Å²) in [5.74, 6) is 0.941. The summed E-state index contributed by atoms with van der Waals surface area (Å²) < 4.78 is 5.36. The van der Waals surface area contributed by atoms with Crippen molar-refractivity contribution in [2.45, 2.75) is 33.7 Å². The minimum Gasteiger partial charge on any atom is -0.496 e. The molecule has 0 saturated carbocycles. The maximum absolute atomic E-state index is 5.90. The molecule has 0 radical (unpaired) electrons. The first-order valence-electron chi connectivity index (χ1n) is 6.40. The third-order valence-electron chi connectivity index (χ3n) is 3.91. The third-order valence-corrected chi connectivity index (χ3v) is 3.91. The Morgan fingerprint density at radius 3 is 2.33 bits per heavy atom. The van der Waals surface area contributed by atoms with Crippen LogP contribution in [0.5, 0.6) is 5.75 Å². The Bertz CT molecular complexity index is 413. The molecule has 0 fully saturated rings. The number of nitrogens with one attached hydrogen (secondary N) is 1. The largest absolute Gasteiger partial charge is 0.496 e. The van der Waals surface area contributed by atoms with Gasteiger partial charge in [0.2, 0.25) is 0 Å². The van der Waals surface area contributed by atoms with Gasteiger partial charge in [0, 0.05) is 6.04 Å². The summed E-state index contributed by atoms with van der Waals surface area (Å²) in [6, 6.07) is 4.42. The normalized spacial score (nSPS) is 13.5. The van der Waals surface area contributed by atoms with Gasteiger partial charge in [-0.05, 0) is 55.6 Å². The molecular weight excluding hydrogens is 224 g/mol. The highest BCUT2D eigenvalue weighted by Crippen LogP contribution is 2.36. The van der Waals surface area contributed by atoms with Gasteiger partial charge in [0.15, 0.2) is 0 Å². The van der Waals surface area contributed by atoms with Gasteiger partial charge >= 0.3 is 0 Å². The second-order valence-electron chi connectivity index (χ2n) is 5.52. The molecule has 1 aromatic carbocycles. The number of methoxy groups -OCH3 is 1. The van der Waals surface area contributed by atoms with E-state index >= 15 is 0 Å². The fourth-order valence-electron chi connectivity index (χ4n) is 2.44. The summed E-state index contributed by atoms with van der Waals surface area (Å²) in [7, 11) is 3.70. The Morgan fingerprint density at radius 2 is 1.89 bits per heavy atom. The van der Waals surface area contributed by atoms with Crippen LogP contribution in [-0.2, 0) is 0 Å². The number of ether oxygens (including phenoxy) is 1. The predicted molar refractivity (Wildman–Crippen MR) is 77.1 cm³/mol. The molecular formula is C15H26N2O. The van der Waals surface area contributed by atoms with Crippen LogP contribution in [0.15, 0.2) is 12.1 Å². The molecule has 1 unspecified atom stereocenters. The highest BCUT2D eigenvalue weighted by atomic mass is 16.5. The van der Waals surface area contributed by atoms with Crippen LogP contribution in [0.4, 0.5) is 0 Å². The average molecular weight is 250 g/mol. The maximum atomic E-state index is 5.90. The molecule has 0 aliphatic carbocycles. The van der Waals surface area contributed by atoms with Gasteiger partial charge in [0.25, 0.3) is 0 Å². The monoisotopic (exact) mass is 250 g/mol. The van der Waals surface area contributed by atoms with Gasteiger partial charge < -0.3 is 15.8 Å². The van der Waals surface area contributed by atoms with Crippen LogP contribution in [0.3, 0.4) is 0 Å². The summed E-state index contributed by atoms with van der Waals surface area (Å²) in [5, 5.41) is 3.39. The Hall–Kier alpha value is -1.06. The molecule has 0 heterocycles. The van der Waals surface area contributed by atoms with Gasteiger partial charge in [-0.1, -0.05) is 19.9 Å². The molecule has 1 aromatic rings. The molecule has 18 heavy (non-hydrogen) atoms. The van der Waals surface area contributed by atoms with Crippen molar-refractivity contribution in [1.82, 2.24) is 5.32 Å². The quantitative estimate of drug-likeness (QED) is 0.844. The van der Waals surface area contributed by atoms with E-state index in [0.717, 1.165) is 5.75 Å². The lowest BCUT2D eigenvalue weighted by Gasteiger charge is -2.35. The van der Waals surface area contributed by atoms with E-state index in [2.05, 4.69) is 39.1 Å². The highest BCUT2D eigenvalue weighted by molar-refractivity contribution is 5.45. The highest BCUT2D eigenvalue weighted by Gasteiger charge is 2.29. The van der Waals surface area contributed by atoms with Crippen LogP contribution >= 0.6 is 0 Å². The summed E-state index contributed by atoms with van der Waals surface area (Å²) >= 11 is 0. The first-order chi connectivity index (χ1) is 8.38. The van der Waals surface area contributed by atoms with Crippen molar-refractivity contribution in [2.24, 2.45) is 11.1 Å². The number of nitrogens with two attached hydrogens (primary N) is 1. The predicted octanol–water partition coefficient (Wildman–Crippen LogP) is 2.56. The van der Waals surface area contributed by atoms with Crippen molar-refractivity contribution in [2.75, 3.05) is 20.7 Å². The topological polar surface area (TPSA) is 47.3 Å². The van der Waals surface area contributed by atoms with Crippen molar-refractivity contribution in [3.05, 3.63) is 28.8 Å². The van der Waals surface area contributed by atoms with Gasteiger partial charge in [0.05, 0.1) is 7.11 Å². The van der Waals surface area contributed by atoms with E-state index < -0.39 is 0 Å². The lowest BCUT2D eigenvalue weighted by atomic mass is 9.78. The second kappa shape index (κ2) is 5.72. The molecule has 0 bridgehead atoms. The zero-order chi connectivity index (χ0) is 13.9. The molecule has 1 rings (SSSR count). The Labute approximate surface area is 111 Å². The third kappa shape index (κ3) is 2.68. The number of hydrogen-bond acceptors (Lipinski definition) is 3. The smallest absolute Gasteiger partial charge is 0.122 e. The summed E-state index contributed by atoms with van der Waals surface area (Å²) in [4.78, 5) is 0. The standard InChI is InChI=1S/C15H26N2O/c1-10-11(2)13(18-6)8-7-12(10)14(17-5)15(3,4)9-16/h7-8,14,17H,9,16H2,1-6H3. The fraction of sp³-hybridized carbons (Fsp3) is 0.600. The van der Waals surface area contributed by atoms with Crippen molar-refractivity contribution in [1.29, 1.82) is 0 Å². The number of hydrogen-bond donors (Lipinski definition) is 2. The minimum atomic E-state index is 0.0144. The van der Waals surface area contributed by atoms with Gasteiger partial charge in [-0.2, -0.15) is 0 Å². The molecule has 0 aliphatic heterocycles. The summed E-state index contributed by atoms with van der Waals surface area (Å²) in [5.41, 5.74) is 9.68. The molecule has 0 spiro atoms. The molecule has 102 valence electrons. The molecule has 0 amide bonds. The van der Waals surface area contributed by atoms with E-state index in [-0.39, 0.29) is 11.5 Å². The lowest BCUT2D eigenvalue weighted by molar-refractivity contribution is 0.264. The van der Waals surface area contributed by atoms with E-state index in [1.54, 1.807) is 7.11 Å². The molecule has 0 aliphatic rings. The van der Waals surface area contributed by atoms with Crippen LogP contribution in [0.1, 0.15) is 36.6 Å². The van der Waals surface area contributed by atoms with E-state index in [0.29, 0.717) is 6.54 Å². The van der Waals surface area contributed by atoms with E-state index in [4.69, 9.17) is 10.5 Å². The SMILES string of the molecule is CNC(c1ccc(OC)c(C)c1C)C(C)(C)CN. The molecule has 0 aromatic heterocycles. The maximum Gasteiger partial charge on any atom is 0.122 e. The first-order valence-corrected chi connectivity index (χ1v) is 6.40. The lowest BCUT2D eigenvalue weighted by Crippen LogP contribution is -2.38. The van der Waals surface area contributed by atoms with Crippen LogP contribution in [0, 0.1) is 19.3 Å². The van der Waals surface area contributed by atoms with Crippen LogP contribution < -0.4 is 15.8 Å². The second-order valence-corrected chi connectivity index (χ2v) is 5.52. The molecule has 3 heteroatoms. The fourth-order valence-corrected chi connectivity index (χ4v) is 2.44. The van der Waals surface area contributed by atoms with Crippen LogP contribution in [0.25, 0.3) is 0 Å². The number of rotatable bonds is 5. The van der Waals surface area contributed by atoms with Crippen LogP contribution in [0.2, 0.25) is 0 Å². The average Bonchev–Trinajstić information content (AvgIpc) is 2.35. The van der Waals surface area contributed by atoms with Gasteiger partial charge in [-0.3, -0.25) is 0 Å². The van der Waals surface area contributed by atoms with Crippen molar-refractivity contribution in [3.63, 3.8) is 0 Å². The van der Waals surface area contributed by atoms with Gasteiger partial charge in [-0.15, -0.1) is 0 Å². The van der Waals surface area contributed by atoms with Crippen molar-refractivity contribution in [3.8, 4) is 5.75 Å². The first kappa shape index (κ1) is 15.0. The van der Waals surface area contributed by atoms with Crippen LogP contribution in [-0.4, -0.2) is 20.7 Å². The zero-order valence-corrected chi connectivity index (χ0v) is 12.4. The van der Waals surface area contributed by atoms with E-state index in [1.165, 1.54) is 16.7 Å². The molecule has 3 nitrogen and oxygen atoms in total. The Kier molecular flexibility index (Phi) is 4.77. The van der Waals surface area contributed by atoms with Gasteiger partial charge in [0.1, 0.15) is 5.75 Å². The molecule has 3 N–H and O–H groups in total. The van der Waals surface area contributed by atoms with E-state index in [1.807, 2.05) is 13.1 Å². The van der Waals surface area contributed by atoms with Crippen molar-refractivity contribution < 1.29 is 4.74 Å². The summed E-state index contributed by atoms with van der Waals surface area (Å²) in [6.45, 7) is 9.26. The molecule has 1 atom stereocenters. The Morgan fingerprint density at radius 1 is 1.28 bits per heavy atom.